The zero-order chi connectivity index (χ0) is 11.4. The van der Waals surface area contributed by atoms with Crippen molar-refractivity contribution in [1.82, 2.24) is 5.32 Å². The summed E-state index contributed by atoms with van der Waals surface area (Å²) in [4.78, 5) is 0. The van der Waals surface area contributed by atoms with E-state index in [2.05, 4.69) is 36.5 Å². The number of aryl methyl sites for hydroxylation is 1. The Morgan fingerprint density at radius 1 is 1.44 bits per heavy atom. The van der Waals surface area contributed by atoms with Crippen LogP contribution in [0.2, 0.25) is 0 Å². The van der Waals surface area contributed by atoms with Crippen molar-refractivity contribution in [3.05, 3.63) is 35.4 Å². The molecular formula is C14H21NO. The predicted molar refractivity (Wildman–Crippen MR) is 66.6 cm³/mol. The molecule has 1 aliphatic rings. The molecular weight excluding hydrogens is 198 g/mol. The molecule has 2 unspecified atom stereocenters. The summed E-state index contributed by atoms with van der Waals surface area (Å²) in [7, 11) is 1.77. The summed E-state index contributed by atoms with van der Waals surface area (Å²) in [5.74, 6) is 0. The van der Waals surface area contributed by atoms with E-state index in [4.69, 9.17) is 4.74 Å². The average molecular weight is 219 g/mol. The van der Waals surface area contributed by atoms with Crippen molar-refractivity contribution in [1.29, 1.82) is 0 Å². The summed E-state index contributed by atoms with van der Waals surface area (Å²) in [6, 6.07) is 9.30. The number of fused-ring (bicyclic) bond motifs is 1. The van der Waals surface area contributed by atoms with Gasteiger partial charge in [-0.15, -0.1) is 0 Å². The van der Waals surface area contributed by atoms with Crippen LogP contribution >= 0.6 is 0 Å². The molecule has 1 aliphatic carbocycles. The van der Waals surface area contributed by atoms with Crippen LogP contribution in [-0.2, 0) is 11.2 Å². The van der Waals surface area contributed by atoms with E-state index in [9.17, 15) is 0 Å². The molecule has 2 nitrogen and oxygen atoms in total. The van der Waals surface area contributed by atoms with E-state index in [0.717, 1.165) is 6.54 Å². The fourth-order valence-electron chi connectivity index (χ4n) is 2.36. The van der Waals surface area contributed by atoms with Gasteiger partial charge in [0.2, 0.25) is 0 Å². The van der Waals surface area contributed by atoms with Crippen LogP contribution in [0.3, 0.4) is 0 Å². The van der Waals surface area contributed by atoms with Gasteiger partial charge in [-0.05, 0) is 37.3 Å². The molecule has 0 saturated carbocycles. The van der Waals surface area contributed by atoms with Crippen LogP contribution in [0.1, 0.15) is 36.9 Å². The Morgan fingerprint density at radius 3 is 3.06 bits per heavy atom. The molecule has 0 aromatic heterocycles. The maximum absolute atomic E-state index is 5.27. The molecule has 2 rings (SSSR count). The average Bonchev–Trinajstić information content (AvgIpc) is 2.35. The smallest absolute Gasteiger partial charge is 0.0667 e. The number of nitrogens with one attached hydrogen (secondary N) is 1. The second-order valence-corrected chi connectivity index (χ2v) is 4.60. The van der Waals surface area contributed by atoms with Gasteiger partial charge >= 0.3 is 0 Å². The first kappa shape index (κ1) is 11.6. The van der Waals surface area contributed by atoms with Gasteiger partial charge in [0.05, 0.1) is 6.10 Å². The van der Waals surface area contributed by atoms with Crippen LogP contribution in [-0.4, -0.2) is 19.8 Å². The van der Waals surface area contributed by atoms with E-state index >= 15 is 0 Å². The van der Waals surface area contributed by atoms with Gasteiger partial charge in [0.1, 0.15) is 0 Å². The molecule has 0 bridgehead atoms. The number of hydrogen-bond donors (Lipinski definition) is 1. The molecule has 1 aromatic rings. The second kappa shape index (κ2) is 5.46. The minimum absolute atomic E-state index is 0.286. The van der Waals surface area contributed by atoms with Gasteiger partial charge in [0.15, 0.2) is 0 Å². The topological polar surface area (TPSA) is 21.3 Å². The number of hydrogen-bond acceptors (Lipinski definition) is 2. The molecule has 0 fully saturated rings. The van der Waals surface area contributed by atoms with E-state index < -0.39 is 0 Å². The lowest BCUT2D eigenvalue weighted by molar-refractivity contribution is 0.113. The van der Waals surface area contributed by atoms with Gasteiger partial charge in [-0.2, -0.15) is 0 Å². The Labute approximate surface area is 98.0 Å². The standard InChI is InChI=1S/C14H21NO/c1-11(16-2)10-15-14-9-5-7-12-6-3-4-8-13(12)14/h3-4,6,8,11,14-15H,5,7,9-10H2,1-2H3. The molecule has 2 atom stereocenters. The number of benzene rings is 1. The van der Waals surface area contributed by atoms with E-state index in [1.165, 1.54) is 30.4 Å². The molecule has 16 heavy (non-hydrogen) atoms. The first-order chi connectivity index (χ1) is 7.81. The van der Waals surface area contributed by atoms with E-state index in [0.29, 0.717) is 6.04 Å². The van der Waals surface area contributed by atoms with Crippen molar-refractivity contribution >= 4 is 0 Å². The monoisotopic (exact) mass is 219 g/mol. The third-order valence-corrected chi connectivity index (χ3v) is 3.42. The molecule has 0 radical (unpaired) electrons. The maximum Gasteiger partial charge on any atom is 0.0667 e. The van der Waals surface area contributed by atoms with Crippen molar-refractivity contribution in [2.75, 3.05) is 13.7 Å². The van der Waals surface area contributed by atoms with E-state index in [1.54, 1.807) is 7.11 Å². The fourth-order valence-corrected chi connectivity index (χ4v) is 2.36. The summed E-state index contributed by atoms with van der Waals surface area (Å²) in [5.41, 5.74) is 2.99. The molecule has 2 heteroatoms. The van der Waals surface area contributed by atoms with Gasteiger partial charge in [-0.1, -0.05) is 24.3 Å². The summed E-state index contributed by atoms with van der Waals surface area (Å²) >= 11 is 0. The maximum atomic E-state index is 5.27. The first-order valence-corrected chi connectivity index (χ1v) is 6.15. The minimum atomic E-state index is 0.286. The van der Waals surface area contributed by atoms with Crippen molar-refractivity contribution in [2.45, 2.75) is 38.3 Å². The zero-order valence-corrected chi connectivity index (χ0v) is 10.2. The molecule has 1 N–H and O–H groups in total. The van der Waals surface area contributed by atoms with Gasteiger partial charge in [-0.25, -0.2) is 0 Å². The zero-order valence-electron chi connectivity index (χ0n) is 10.2. The lowest BCUT2D eigenvalue weighted by Gasteiger charge is -2.27. The highest BCUT2D eigenvalue weighted by Gasteiger charge is 2.19. The van der Waals surface area contributed by atoms with Crippen LogP contribution in [0, 0.1) is 0 Å². The first-order valence-electron chi connectivity index (χ1n) is 6.15. The normalized spacial score (nSPS) is 21.5. The highest BCUT2D eigenvalue weighted by molar-refractivity contribution is 5.32. The van der Waals surface area contributed by atoms with E-state index in [-0.39, 0.29) is 6.10 Å². The van der Waals surface area contributed by atoms with Gasteiger partial charge in [0.25, 0.3) is 0 Å². The minimum Gasteiger partial charge on any atom is -0.380 e. The second-order valence-electron chi connectivity index (χ2n) is 4.60. The van der Waals surface area contributed by atoms with Crippen molar-refractivity contribution < 1.29 is 4.74 Å². The van der Waals surface area contributed by atoms with Gasteiger partial charge in [0, 0.05) is 19.7 Å². The summed E-state index contributed by atoms with van der Waals surface area (Å²) in [5, 5.41) is 3.60. The fraction of sp³-hybridized carbons (Fsp3) is 0.571. The Morgan fingerprint density at radius 2 is 2.25 bits per heavy atom. The summed E-state index contributed by atoms with van der Waals surface area (Å²) in [6.45, 7) is 3.03. The van der Waals surface area contributed by atoms with Gasteiger partial charge in [-0.3, -0.25) is 0 Å². The summed E-state index contributed by atoms with van der Waals surface area (Å²) < 4.78 is 5.27. The Hall–Kier alpha value is -0.860. The Bertz CT molecular complexity index is 337. The molecule has 0 saturated heterocycles. The number of methoxy groups -OCH3 is 1. The Balaban J connectivity index is 2.01. The van der Waals surface area contributed by atoms with Crippen LogP contribution in [0.4, 0.5) is 0 Å². The predicted octanol–water partition coefficient (Wildman–Crippen LogP) is 2.69. The molecule has 1 aromatic carbocycles. The van der Waals surface area contributed by atoms with Crippen molar-refractivity contribution in [3.8, 4) is 0 Å². The number of ether oxygens (including phenoxy) is 1. The largest absolute Gasteiger partial charge is 0.380 e. The SMILES string of the molecule is COC(C)CNC1CCCc2ccccc21. The Kier molecular flexibility index (Phi) is 3.97. The van der Waals surface area contributed by atoms with Crippen LogP contribution in [0.15, 0.2) is 24.3 Å². The number of rotatable bonds is 4. The van der Waals surface area contributed by atoms with Gasteiger partial charge < -0.3 is 10.1 Å². The lowest BCUT2D eigenvalue weighted by atomic mass is 9.88. The molecule has 0 amide bonds. The highest BCUT2D eigenvalue weighted by atomic mass is 16.5. The molecule has 0 spiro atoms. The van der Waals surface area contributed by atoms with Crippen LogP contribution in [0.25, 0.3) is 0 Å². The molecule has 0 aliphatic heterocycles. The third-order valence-electron chi connectivity index (χ3n) is 3.42. The summed E-state index contributed by atoms with van der Waals surface area (Å²) in [6.07, 6.45) is 4.05. The van der Waals surface area contributed by atoms with E-state index in [1.807, 2.05) is 0 Å². The highest BCUT2D eigenvalue weighted by Crippen LogP contribution is 2.29. The van der Waals surface area contributed by atoms with Crippen LogP contribution < -0.4 is 5.32 Å². The molecule has 88 valence electrons. The molecule has 0 heterocycles. The lowest BCUT2D eigenvalue weighted by Crippen LogP contribution is -2.31. The third kappa shape index (κ3) is 2.63. The van der Waals surface area contributed by atoms with Crippen LogP contribution in [0.5, 0.6) is 0 Å². The van der Waals surface area contributed by atoms with Crippen molar-refractivity contribution in [3.63, 3.8) is 0 Å². The quantitative estimate of drug-likeness (QED) is 0.840. The van der Waals surface area contributed by atoms with Crippen molar-refractivity contribution in [2.24, 2.45) is 0 Å².